The van der Waals surface area contributed by atoms with Crippen LogP contribution in [0.1, 0.15) is 11.1 Å². The average Bonchev–Trinajstić information content (AvgIpc) is 2.43. The van der Waals surface area contributed by atoms with Gasteiger partial charge in [-0.1, -0.05) is 12.1 Å². The number of benzene rings is 2. The maximum Gasteiger partial charge on any atom is 0.262 e. The summed E-state index contributed by atoms with van der Waals surface area (Å²) in [5.74, 6) is -0.525. The van der Waals surface area contributed by atoms with Gasteiger partial charge in [-0.05, 0) is 58.2 Å². The predicted octanol–water partition coefficient (Wildman–Crippen LogP) is 3.16. The normalized spacial score (nSPS) is 11.4. The third kappa shape index (κ3) is 3.61. The summed E-state index contributed by atoms with van der Waals surface area (Å²) in [6, 6.07) is 8.77. The van der Waals surface area contributed by atoms with Crippen LogP contribution in [0.25, 0.3) is 0 Å². The van der Waals surface area contributed by atoms with Gasteiger partial charge in [0.25, 0.3) is 10.0 Å². The molecular weight excluding hydrogens is 359 g/mol. The zero-order valence-electron chi connectivity index (χ0n) is 11.2. The van der Waals surface area contributed by atoms with Gasteiger partial charge in [0, 0.05) is 11.0 Å². The van der Waals surface area contributed by atoms with Crippen molar-refractivity contribution in [3.8, 4) is 0 Å². The fourth-order valence-electron chi connectivity index (χ4n) is 1.84. The summed E-state index contributed by atoms with van der Waals surface area (Å²) in [5, 5.41) is 0. The number of rotatable bonds is 4. The number of nitrogens with one attached hydrogen (secondary N) is 1. The Balaban J connectivity index is 2.45. The van der Waals surface area contributed by atoms with E-state index in [9.17, 15) is 12.8 Å². The molecule has 0 saturated heterocycles. The molecule has 0 aromatic heterocycles. The molecule has 0 amide bonds. The van der Waals surface area contributed by atoms with Crippen LogP contribution in [-0.4, -0.2) is 8.42 Å². The Bertz CT molecular complexity index is 779. The molecule has 0 aliphatic carbocycles. The minimum Gasteiger partial charge on any atom is -0.326 e. The van der Waals surface area contributed by atoms with E-state index in [1.807, 2.05) is 0 Å². The van der Waals surface area contributed by atoms with E-state index in [0.717, 1.165) is 6.07 Å². The van der Waals surface area contributed by atoms with Crippen molar-refractivity contribution < 1.29 is 12.8 Å². The average molecular weight is 373 g/mol. The van der Waals surface area contributed by atoms with Crippen LogP contribution in [0.3, 0.4) is 0 Å². The SMILES string of the molecule is Cc1ccc(CN)cc1S(=O)(=O)Nc1cc(F)ccc1Br. The summed E-state index contributed by atoms with van der Waals surface area (Å²) in [5.41, 5.74) is 6.98. The lowest BCUT2D eigenvalue weighted by molar-refractivity contribution is 0.600. The number of hydrogen-bond acceptors (Lipinski definition) is 3. The van der Waals surface area contributed by atoms with Crippen LogP contribution in [0.2, 0.25) is 0 Å². The lowest BCUT2D eigenvalue weighted by atomic mass is 10.1. The molecule has 7 heteroatoms. The van der Waals surface area contributed by atoms with Crippen LogP contribution < -0.4 is 10.5 Å². The number of hydrogen-bond donors (Lipinski definition) is 2. The first kappa shape index (κ1) is 15.9. The molecule has 21 heavy (non-hydrogen) atoms. The van der Waals surface area contributed by atoms with Gasteiger partial charge in [0.15, 0.2) is 0 Å². The highest BCUT2D eigenvalue weighted by Crippen LogP contribution is 2.27. The number of nitrogens with two attached hydrogens (primary N) is 1. The molecule has 0 aliphatic heterocycles. The Kier molecular flexibility index (Phi) is 4.65. The highest BCUT2D eigenvalue weighted by molar-refractivity contribution is 9.10. The van der Waals surface area contributed by atoms with Crippen molar-refractivity contribution >= 4 is 31.6 Å². The minimum atomic E-state index is -3.82. The van der Waals surface area contributed by atoms with E-state index in [-0.39, 0.29) is 17.1 Å². The standard InChI is InChI=1S/C14H14BrFN2O2S/c1-9-2-3-10(8-17)6-14(9)21(19,20)18-13-7-11(16)4-5-12(13)15/h2-7,18H,8,17H2,1H3. The number of anilines is 1. The zero-order valence-corrected chi connectivity index (χ0v) is 13.6. The fraction of sp³-hybridized carbons (Fsp3) is 0.143. The van der Waals surface area contributed by atoms with Crippen LogP contribution in [0, 0.1) is 12.7 Å². The quantitative estimate of drug-likeness (QED) is 0.865. The highest BCUT2D eigenvalue weighted by Gasteiger charge is 2.19. The first-order chi connectivity index (χ1) is 9.83. The van der Waals surface area contributed by atoms with E-state index in [1.165, 1.54) is 18.2 Å². The zero-order chi connectivity index (χ0) is 15.6. The molecule has 0 fully saturated rings. The van der Waals surface area contributed by atoms with Gasteiger partial charge in [0.2, 0.25) is 0 Å². The topological polar surface area (TPSA) is 72.2 Å². The molecule has 0 unspecified atom stereocenters. The Morgan fingerprint density at radius 3 is 2.62 bits per heavy atom. The van der Waals surface area contributed by atoms with Crippen molar-refractivity contribution in [3.05, 3.63) is 57.8 Å². The molecule has 3 N–H and O–H groups in total. The van der Waals surface area contributed by atoms with Crippen LogP contribution in [0.4, 0.5) is 10.1 Å². The molecule has 0 heterocycles. The first-order valence-corrected chi connectivity index (χ1v) is 8.38. The second kappa shape index (κ2) is 6.13. The fourth-order valence-corrected chi connectivity index (χ4v) is 3.68. The van der Waals surface area contributed by atoms with E-state index in [1.54, 1.807) is 19.1 Å². The summed E-state index contributed by atoms with van der Waals surface area (Å²) in [6.07, 6.45) is 0. The summed E-state index contributed by atoms with van der Waals surface area (Å²) in [4.78, 5) is 0.126. The molecule has 112 valence electrons. The third-order valence-electron chi connectivity index (χ3n) is 2.95. The first-order valence-electron chi connectivity index (χ1n) is 6.11. The second-order valence-corrected chi connectivity index (χ2v) is 7.04. The monoisotopic (exact) mass is 372 g/mol. The summed E-state index contributed by atoms with van der Waals surface area (Å²) in [7, 11) is -3.82. The Hall–Kier alpha value is -1.44. The van der Waals surface area contributed by atoms with Crippen molar-refractivity contribution in [2.75, 3.05) is 4.72 Å². The van der Waals surface area contributed by atoms with Crippen molar-refractivity contribution in [2.45, 2.75) is 18.4 Å². The molecule has 2 rings (SSSR count). The molecule has 0 radical (unpaired) electrons. The van der Waals surface area contributed by atoms with Crippen molar-refractivity contribution in [1.82, 2.24) is 0 Å². The molecule has 2 aromatic rings. The summed E-state index contributed by atoms with van der Waals surface area (Å²) in [6.45, 7) is 1.93. The van der Waals surface area contributed by atoms with E-state index in [2.05, 4.69) is 20.7 Å². The maximum absolute atomic E-state index is 13.3. The molecule has 0 bridgehead atoms. The highest BCUT2D eigenvalue weighted by atomic mass is 79.9. The van der Waals surface area contributed by atoms with Gasteiger partial charge in [-0.2, -0.15) is 0 Å². The van der Waals surface area contributed by atoms with E-state index in [4.69, 9.17) is 5.73 Å². The Morgan fingerprint density at radius 1 is 1.24 bits per heavy atom. The molecule has 0 saturated carbocycles. The van der Waals surface area contributed by atoms with Gasteiger partial charge in [-0.3, -0.25) is 4.72 Å². The van der Waals surface area contributed by atoms with Crippen LogP contribution in [-0.2, 0) is 16.6 Å². The van der Waals surface area contributed by atoms with Crippen molar-refractivity contribution in [2.24, 2.45) is 5.73 Å². The third-order valence-corrected chi connectivity index (χ3v) is 5.15. The predicted molar refractivity (Wildman–Crippen MR) is 84.0 cm³/mol. The number of halogens is 2. The smallest absolute Gasteiger partial charge is 0.262 e. The van der Waals surface area contributed by atoms with Gasteiger partial charge in [-0.25, -0.2) is 12.8 Å². The Morgan fingerprint density at radius 2 is 1.95 bits per heavy atom. The van der Waals surface area contributed by atoms with Gasteiger partial charge in [-0.15, -0.1) is 0 Å². The molecule has 0 spiro atoms. The van der Waals surface area contributed by atoms with Crippen molar-refractivity contribution in [3.63, 3.8) is 0 Å². The lowest BCUT2D eigenvalue weighted by Gasteiger charge is -2.13. The number of sulfonamides is 1. The minimum absolute atomic E-state index is 0.126. The molecule has 4 nitrogen and oxygen atoms in total. The van der Waals surface area contributed by atoms with E-state index >= 15 is 0 Å². The van der Waals surface area contributed by atoms with Gasteiger partial charge >= 0.3 is 0 Å². The van der Waals surface area contributed by atoms with Crippen molar-refractivity contribution in [1.29, 1.82) is 0 Å². The molecular formula is C14H14BrFN2O2S. The van der Waals surface area contributed by atoms with E-state index in [0.29, 0.717) is 15.6 Å². The van der Waals surface area contributed by atoms with E-state index < -0.39 is 15.8 Å². The van der Waals surface area contributed by atoms with Crippen LogP contribution in [0.5, 0.6) is 0 Å². The van der Waals surface area contributed by atoms with Gasteiger partial charge in [0.05, 0.1) is 10.6 Å². The summed E-state index contributed by atoms with van der Waals surface area (Å²) < 4.78 is 41.0. The van der Waals surface area contributed by atoms with Crippen LogP contribution >= 0.6 is 15.9 Å². The summed E-state index contributed by atoms with van der Waals surface area (Å²) >= 11 is 3.19. The van der Waals surface area contributed by atoms with Crippen LogP contribution in [0.15, 0.2) is 45.8 Å². The maximum atomic E-state index is 13.3. The lowest BCUT2D eigenvalue weighted by Crippen LogP contribution is -2.15. The number of aryl methyl sites for hydroxylation is 1. The second-order valence-electron chi connectivity index (χ2n) is 4.53. The molecule has 2 aromatic carbocycles. The van der Waals surface area contributed by atoms with Gasteiger partial charge in [0.1, 0.15) is 5.82 Å². The van der Waals surface area contributed by atoms with Gasteiger partial charge < -0.3 is 5.73 Å². The Labute approximate surface area is 131 Å². The molecule has 0 aliphatic rings. The largest absolute Gasteiger partial charge is 0.326 e. The molecule has 0 atom stereocenters.